The zero-order chi connectivity index (χ0) is 11.6. The van der Waals surface area contributed by atoms with Gasteiger partial charge in [0.15, 0.2) is 0 Å². The second kappa shape index (κ2) is 5.23. The van der Waals surface area contributed by atoms with Gasteiger partial charge in [0.1, 0.15) is 0 Å². The van der Waals surface area contributed by atoms with Crippen molar-refractivity contribution in [1.29, 1.82) is 0 Å². The van der Waals surface area contributed by atoms with Gasteiger partial charge in [0.25, 0.3) is 0 Å². The summed E-state index contributed by atoms with van der Waals surface area (Å²) in [7, 11) is -3.08. The van der Waals surface area contributed by atoms with E-state index in [0.29, 0.717) is 24.8 Å². The molecular weight excluding hydrogens is 246 g/mol. The number of sulfonamides is 1. The van der Waals surface area contributed by atoms with E-state index in [1.807, 2.05) is 0 Å². The van der Waals surface area contributed by atoms with Crippen LogP contribution in [0, 0.1) is 17.8 Å². The van der Waals surface area contributed by atoms with E-state index in [9.17, 15) is 8.42 Å². The summed E-state index contributed by atoms with van der Waals surface area (Å²) >= 11 is 5.49. The van der Waals surface area contributed by atoms with Crippen molar-refractivity contribution >= 4 is 21.6 Å². The average Bonchev–Trinajstić information content (AvgIpc) is 2.85. The fourth-order valence-corrected chi connectivity index (χ4v) is 4.61. The monoisotopic (exact) mass is 265 g/mol. The highest BCUT2D eigenvalue weighted by Crippen LogP contribution is 2.47. The standard InChI is InChI=1S/C11H20ClNO2S/c12-4-1-5-16(14,15)13-8-11-7-9-2-3-10(11)6-9/h9-11,13H,1-8H2. The van der Waals surface area contributed by atoms with E-state index in [-0.39, 0.29) is 5.75 Å². The van der Waals surface area contributed by atoms with Crippen molar-refractivity contribution in [3.05, 3.63) is 0 Å². The van der Waals surface area contributed by atoms with Crippen molar-refractivity contribution in [3.63, 3.8) is 0 Å². The Bertz CT molecular complexity index is 331. The molecule has 0 spiro atoms. The molecule has 0 aromatic carbocycles. The Hall–Kier alpha value is 0.200. The number of hydrogen-bond donors (Lipinski definition) is 1. The second-order valence-electron chi connectivity index (χ2n) is 5.14. The SMILES string of the molecule is O=S(=O)(CCCCl)NCC1CC2CCC1C2. The van der Waals surface area contributed by atoms with Gasteiger partial charge in [-0.05, 0) is 43.4 Å². The molecule has 0 aliphatic heterocycles. The maximum absolute atomic E-state index is 11.6. The van der Waals surface area contributed by atoms with Crippen molar-refractivity contribution < 1.29 is 8.42 Å². The minimum atomic E-state index is -3.08. The topological polar surface area (TPSA) is 46.2 Å². The summed E-state index contributed by atoms with van der Waals surface area (Å²) in [5.74, 6) is 2.82. The minimum absolute atomic E-state index is 0.164. The summed E-state index contributed by atoms with van der Waals surface area (Å²) < 4.78 is 25.9. The van der Waals surface area contributed by atoms with Crippen LogP contribution in [0.15, 0.2) is 0 Å². The Morgan fingerprint density at radius 2 is 2.06 bits per heavy atom. The zero-order valence-electron chi connectivity index (χ0n) is 9.49. The highest BCUT2D eigenvalue weighted by atomic mass is 35.5. The summed E-state index contributed by atoms with van der Waals surface area (Å²) in [6.45, 7) is 0.645. The first-order valence-electron chi connectivity index (χ1n) is 6.14. The van der Waals surface area contributed by atoms with Gasteiger partial charge in [-0.15, -0.1) is 11.6 Å². The van der Waals surface area contributed by atoms with Gasteiger partial charge in [-0.1, -0.05) is 6.42 Å². The fourth-order valence-electron chi connectivity index (χ4n) is 3.18. The van der Waals surface area contributed by atoms with Crippen LogP contribution in [0.1, 0.15) is 32.1 Å². The molecule has 2 rings (SSSR count). The van der Waals surface area contributed by atoms with Crippen LogP contribution >= 0.6 is 11.6 Å². The molecule has 2 fully saturated rings. The Morgan fingerprint density at radius 1 is 1.25 bits per heavy atom. The van der Waals surface area contributed by atoms with Crippen LogP contribution in [-0.2, 0) is 10.0 Å². The molecule has 0 heterocycles. The molecule has 2 aliphatic rings. The smallest absolute Gasteiger partial charge is 0.211 e. The predicted molar refractivity (Wildman–Crippen MR) is 66.1 cm³/mol. The predicted octanol–water partition coefficient (Wildman–Crippen LogP) is 1.97. The lowest BCUT2D eigenvalue weighted by molar-refractivity contribution is 0.333. The van der Waals surface area contributed by atoms with E-state index >= 15 is 0 Å². The maximum atomic E-state index is 11.6. The molecule has 3 atom stereocenters. The molecule has 1 N–H and O–H groups in total. The van der Waals surface area contributed by atoms with Crippen LogP contribution in [0.4, 0.5) is 0 Å². The first kappa shape index (κ1) is 12.7. The third-order valence-electron chi connectivity index (χ3n) is 4.00. The molecule has 2 saturated carbocycles. The van der Waals surface area contributed by atoms with E-state index in [2.05, 4.69) is 4.72 Å². The number of hydrogen-bond acceptors (Lipinski definition) is 2. The van der Waals surface area contributed by atoms with Crippen LogP contribution in [0.3, 0.4) is 0 Å². The summed E-state index contributed by atoms with van der Waals surface area (Å²) in [5.41, 5.74) is 0. The molecule has 0 saturated heterocycles. The number of fused-ring (bicyclic) bond motifs is 2. The van der Waals surface area contributed by atoms with Crippen molar-refractivity contribution in [1.82, 2.24) is 4.72 Å². The van der Waals surface area contributed by atoms with Gasteiger partial charge in [-0.2, -0.15) is 0 Å². The number of halogens is 1. The average molecular weight is 266 g/mol. The summed E-state index contributed by atoms with van der Waals surface area (Å²) in [5, 5.41) is 0. The third kappa shape index (κ3) is 3.11. The largest absolute Gasteiger partial charge is 0.215 e. The zero-order valence-corrected chi connectivity index (χ0v) is 11.1. The van der Waals surface area contributed by atoms with Gasteiger partial charge in [0.05, 0.1) is 5.75 Å². The van der Waals surface area contributed by atoms with E-state index in [1.54, 1.807) is 0 Å². The minimum Gasteiger partial charge on any atom is -0.215 e. The fraction of sp³-hybridized carbons (Fsp3) is 1.00. The molecular formula is C11H20ClNO2S. The third-order valence-corrected chi connectivity index (χ3v) is 5.70. The molecule has 2 aliphatic carbocycles. The van der Waals surface area contributed by atoms with E-state index in [4.69, 9.17) is 11.6 Å². The number of alkyl halides is 1. The molecule has 2 bridgehead atoms. The molecule has 0 aromatic heterocycles. The van der Waals surface area contributed by atoms with Crippen LogP contribution in [0.5, 0.6) is 0 Å². The van der Waals surface area contributed by atoms with Crippen molar-refractivity contribution in [2.75, 3.05) is 18.2 Å². The number of rotatable bonds is 6. The van der Waals surface area contributed by atoms with Crippen LogP contribution in [0.25, 0.3) is 0 Å². The molecule has 0 aromatic rings. The second-order valence-corrected chi connectivity index (χ2v) is 7.45. The highest BCUT2D eigenvalue weighted by Gasteiger charge is 2.39. The molecule has 0 radical (unpaired) electrons. The Balaban J connectivity index is 1.75. The molecule has 3 unspecified atom stereocenters. The van der Waals surface area contributed by atoms with E-state index < -0.39 is 10.0 Å². The summed E-state index contributed by atoms with van der Waals surface area (Å²) in [4.78, 5) is 0. The molecule has 94 valence electrons. The molecule has 5 heteroatoms. The Morgan fingerprint density at radius 3 is 2.62 bits per heavy atom. The van der Waals surface area contributed by atoms with Crippen LogP contribution < -0.4 is 4.72 Å². The lowest BCUT2D eigenvalue weighted by Crippen LogP contribution is -2.33. The van der Waals surface area contributed by atoms with Gasteiger partial charge in [0, 0.05) is 12.4 Å². The van der Waals surface area contributed by atoms with Gasteiger partial charge in [-0.25, -0.2) is 13.1 Å². The van der Waals surface area contributed by atoms with Gasteiger partial charge in [-0.3, -0.25) is 0 Å². The Kier molecular flexibility index (Phi) is 4.14. The van der Waals surface area contributed by atoms with Crippen molar-refractivity contribution in [2.45, 2.75) is 32.1 Å². The van der Waals surface area contributed by atoms with Crippen molar-refractivity contribution in [2.24, 2.45) is 17.8 Å². The first-order chi connectivity index (χ1) is 7.61. The van der Waals surface area contributed by atoms with Crippen molar-refractivity contribution in [3.8, 4) is 0 Å². The van der Waals surface area contributed by atoms with Gasteiger partial charge < -0.3 is 0 Å². The lowest BCUT2D eigenvalue weighted by atomic mass is 9.89. The lowest BCUT2D eigenvalue weighted by Gasteiger charge is -2.21. The maximum Gasteiger partial charge on any atom is 0.211 e. The first-order valence-corrected chi connectivity index (χ1v) is 8.32. The summed E-state index contributed by atoms with van der Waals surface area (Å²) in [6.07, 6.45) is 5.75. The Labute approximate surface area is 103 Å². The molecule has 16 heavy (non-hydrogen) atoms. The molecule has 3 nitrogen and oxygen atoms in total. The normalized spacial score (nSPS) is 33.4. The molecule has 0 amide bonds. The summed E-state index contributed by atoms with van der Waals surface area (Å²) in [6, 6.07) is 0. The van der Waals surface area contributed by atoms with Crippen LogP contribution in [-0.4, -0.2) is 26.6 Å². The van der Waals surface area contributed by atoms with Gasteiger partial charge in [0.2, 0.25) is 10.0 Å². The van der Waals surface area contributed by atoms with Gasteiger partial charge >= 0.3 is 0 Å². The van der Waals surface area contributed by atoms with Crippen LogP contribution in [0.2, 0.25) is 0 Å². The van der Waals surface area contributed by atoms with E-state index in [1.165, 1.54) is 25.7 Å². The quantitative estimate of drug-likeness (QED) is 0.747. The number of nitrogens with one attached hydrogen (secondary N) is 1. The van der Waals surface area contributed by atoms with E-state index in [0.717, 1.165) is 11.8 Å². The highest BCUT2D eigenvalue weighted by molar-refractivity contribution is 7.89.